The van der Waals surface area contributed by atoms with E-state index in [4.69, 9.17) is 0 Å². The van der Waals surface area contributed by atoms with E-state index < -0.39 is 12.5 Å². The Morgan fingerprint density at radius 2 is 2.27 bits per heavy atom. The summed E-state index contributed by atoms with van der Waals surface area (Å²) >= 11 is 0. The van der Waals surface area contributed by atoms with Crippen molar-refractivity contribution in [3.05, 3.63) is 17.5 Å². The van der Waals surface area contributed by atoms with Crippen molar-refractivity contribution in [2.45, 2.75) is 39.2 Å². The molecule has 0 aliphatic rings. The van der Waals surface area contributed by atoms with Gasteiger partial charge in [-0.25, -0.2) is 8.78 Å². The first-order chi connectivity index (χ1) is 7.11. The third-order valence-electron chi connectivity index (χ3n) is 2.40. The van der Waals surface area contributed by atoms with E-state index in [1.807, 2.05) is 6.92 Å². The Bertz CT molecular complexity index is 286. The summed E-state index contributed by atoms with van der Waals surface area (Å²) in [4.78, 5) is 0. The molecule has 1 atom stereocenters. The van der Waals surface area contributed by atoms with Gasteiger partial charge in [0.25, 0.3) is 6.43 Å². The minimum absolute atomic E-state index is 0.607. The molecule has 5 heteroatoms. The van der Waals surface area contributed by atoms with Gasteiger partial charge in [0.05, 0.1) is 12.2 Å². The van der Waals surface area contributed by atoms with Gasteiger partial charge in [0, 0.05) is 5.69 Å². The first-order valence-corrected chi connectivity index (χ1v) is 5.11. The largest absolute Gasteiger partial charge is 0.309 e. The van der Waals surface area contributed by atoms with Crippen LogP contribution in [0.5, 0.6) is 0 Å². The van der Waals surface area contributed by atoms with Gasteiger partial charge in [-0.15, -0.1) is 0 Å². The van der Waals surface area contributed by atoms with Gasteiger partial charge in [0.15, 0.2) is 0 Å². The number of alkyl halides is 2. The number of nitrogens with one attached hydrogen (secondary N) is 2. The first kappa shape index (κ1) is 12.1. The van der Waals surface area contributed by atoms with Crippen molar-refractivity contribution >= 4 is 0 Å². The van der Waals surface area contributed by atoms with Crippen LogP contribution in [-0.4, -0.2) is 29.2 Å². The third-order valence-corrected chi connectivity index (χ3v) is 2.40. The maximum Gasteiger partial charge on any atom is 0.253 e. The van der Waals surface area contributed by atoms with Crippen LogP contribution in [0.25, 0.3) is 0 Å². The van der Waals surface area contributed by atoms with Crippen LogP contribution in [0.3, 0.4) is 0 Å². The summed E-state index contributed by atoms with van der Waals surface area (Å²) < 4.78 is 24.2. The molecule has 0 fully saturated rings. The summed E-state index contributed by atoms with van der Waals surface area (Å²) in [6, 6.07) is -0.726. The number of hydrogen-bond donors (Lipinski definition) is 2. The molecule has 1 unspecified atom stereocenters. The highest BCUT2D eigenvalue weighted by Gasteiger charge is 2.12. The second kappa shape index (κ2) is 5.80. The zero-order valence-electron chi connectivity index (χ0n) is 9.06. The van der Waals surface area contributed by atoms with E-state index in [2.05, 4.69) is 15.5 Å². The lowest BCUT2D eigenvalue weighted by Crippen LogP contribution is -2.33. The Morgan fingerprint density at radius 1 is 1.53 bits per heavy atom. The van der Waals surface area contributed by atoms with E-state index in [0.29, 0.717) is 6.54 Å². The number of hydrogen-bond acceptors (Lipinski definition) is 2. The zero-order valence-corrected chi connectivity index (χ0v) is 9.06. The van der Waals surface area contributed by atoms with E-state index in [0.717, 1.165) is 24.1 Å². The Kier molecular flexibility index (Phi) is 4.68. The van der Waals surface area contributed by atoms with Crippen LogP contribution < -0.4 is 5.32 Å². The number of rotatable bonds is 6. The molecule has 0 saturated carbocycles. The highest BCUT2D eigenvalue weighted by molar-refractivity contribution is 5.14. The maximum absolute atomic E-state index is 12.1. The number of H-pyrrole nitrogens is 1. The fourth-order valence-corrected chi connectivity index (χ4v) is 1.33. The first-order valence-electron chi connectivity index (χ1n) is 5.11. The Balaban J connectivity index is 2.15. The molecule has 1 aromatic heterocycles. The Morgan fingerprint density at radius 3 is 2.80 bits per heavy atom. The van der Waals surface area contributed by atoms with Crippen LogP contribution in [-0.2, 0) is 6.42 Å². The predicted molar refractivity (Wildman–Crippen MR) is 55.1 cm³/mol. The van der Waals surface area contributed by atoms with Crippen molar-refractivity contribution in [2.24, 2.45) is 0 Å². The monoisotopic (exact) mass is 217 g/mol. The highest BCUT2D eigenvalue weighted by atomic mass is 19.3. The van der Waals surface area contributed by atoms with Gasteiger partial charge in [-0.2, -0.15) is 5.10 Å². The average Bonchev–Trinajstić information content (AvgIpc) is 2.58. The third kappa shape index (κ3) is 3.95. The van der Waals surface area contributed by atoms with E-state index in [1.165, 1.54) is 6.92 Å². The normalized spacial score (nSPS) is 13.4. The van der Waals surface area contributed by atoms with Crippen LogP contribution in [0, 0.1) is 6.92 Å². The van der Waals surface area contributed by atoms with Gasteiger partial charge in [-0.3, -0.25) is 5.10 Å². The molecule has 1 aromatic rings. The summed E-state index contributed by atoms with van der Waals surface area (Å²) in [6.45, 7) is 4.06. The van der Waals surface area contributed by atoms with Crippen molar-refractivity contribution in [3.63, 3.8) is 0 Å². The van der Waals surface area contributed by atoms with Gasteiger partial charge >= 0.3 is 0 Å². The lowest BCUT2D eigenvalue weighted by molar-refractivity contribution is 0.106. The Hall–Kier alpha value is -0.970. The second-order valence-corrected chi connectivity index (χ2v) is 3.70. The van der Waals surface area contributed by atoms with E-state index >= 15 is 0 Å². The molecule has 0 amide bonds. The summed E-state index contributed by atoms with van der Waals surface area (Å²) in [5.41, 5.74) is 2.21. The van der Waals surface area contributed by atoms with Crippen LogP contribution in [0.15, 0.2) is 6.20 Å². The number of aromatic nitrogens is 2. The summed E-state index contributed by atoms with van der Waals surface area (Å²) in [5.74, 6) is 0. The lowest BCUT2D eigenvalue weighted by atomic mass is 10.1. The second-order valence-electron chi connectivity index (χ2n) is 3.70. The fraction of sp³-hybridized carbons (Fsp3) is 0.700. The molecular weight excluding hydrogens is 200 g/mol. The van der Waals surface area contributed by atoms with Crippen molar-refractivity contribution in [1.29, 1.82) is 0 Å². The maximum atomic E-state index is 12.1. The smallest absolute Gasteiger partial charge is 0.253 e. The topological polar surface area (TPSA) is 40.7 Å². The van der Waals surface area contributed by atoms with E-state index in [1.54, 1.807) is 6.20 Å². The van der Waals surface area contributed by atoms with Crippen molar-refractivity contribution in [2.75, 3.05) is 6.54 Å². The molecule has 0 bridgehead atoms. The van der Waals surface area contributed by atoms with Crippen molar-refractivity contribution in [1.82, 2.24) is 15.5 Å². The van der Waals surface area contributed by atoms with Crippen molar-refractivity contribution in [3.8, 4) is 0 Å². The molecule has 0 saturated heterocycles. The predicted octanol–water partition coefficient (Wildman–Crippen LogP) is 1.89. The fourth-order valence-electron chi connectivity index (χ4n) is 1.33. The van der Waals surface area contributed by atoms with Gasteiger partial charge in [-0.1, -0.05) is 0 Å². The number of nitrogens with zero attached hydrogens (tertiary/aromatic N) is 1. The molecule has 0 aromatic carbocycles. The molecule has 15 heavy (non-hydrogen) atoms. The van der Waals surface area contributed by atoms with Crippen LogP contribution in [0.1, 0.15) is 24.6 Å². The van der Waals surface area contributed by atoms with E-state index in [9.17, 15) is 8.78 Å². The summed E-state index contributed by atoms with van der Waals surface area (Å²) in [5, 5.41) is 9.53. The SMILES string of the molecule is Cc1[nH]ncc1CCCNC(C)C(F)F. The van der Waals surface area contributed by atoms with Crippen LogP contribution in [0.2, 0.25) is 0 Å². The minimum Gasteiger partial charge on any atom is -0.309 e. The molecule has 0 radical (unpaired) electrons. The van der Waals surface area contributed by atoms with Crippen LogP contribution >= 0.6 is 0 Å². The molecule has 2 N–H and O–H groups in total. The molecule has 0 aliphatic carbocycles. The zero-order chi connectivity index (χ0) is 11.3. The quantitative estimate of drug-likeness (QED) is 0.714. The van der Waals surface area contributed by atoms with Crippen LogP contribution in [0.4, 0.5) is 8.78 Å². The number of aromatic amines is 1. The summed E-state index contributed by atoms with van der Waals surface area (Å²) in [6.07, 6.45) is 1.20. The van der Waals surface area contributed by atoms with Gasteiger partial charge in [-0.05, 0) is 38.8 Å². The highest BCUT2D eigenvalue weighted by Crippen LogP contribution is 2.05. The molecule has 1 rings (SSSR count). The van der Waals surface area contributed by atoms with Gasteiger partial charge in [0.2, 0.25) is 0 Å². The molecule has 3 nitrogen and oxygen atoms in total. The molecular formula is C10H17F2N3. The standard InChI is InChI=1S/C10H17F2N3/c1-7-9(6-14-15-7)4-3-5-13-8(2)10(11)12/h6,8,10,13H,3-5H2,1-2H3,(H,14,15). The Labute approximate surface area is 88.3 Å². The van der Waals surface area contributed by atoms with Crippen molar-refractivity contribution < 1.29 is 8.78 Å². The summed E-state index contributed by atoms with van der Waals surface area (Å²) in [7, 11) is 0. The lowest BCUT2D eigenvalue weighted by Gasteiger charge is -2.11. The molecule has 0 spiro atoms. The number of aryl methyl sites for hydroxylation is 2. The van der Waals surface area contributed by atoms with Gasteiger partial charge in [0.1, 0.15) is 0 Å². The average molecular weight is 217 g/mol. The van der Waals surface area contributed by atoms with E-state index in [-0.39, 0.29) is 0 Å². The molecule has 86 valence electrons. The minimum atomic E-state index is -2.29. The molecule has 1 heterocycles. The number of halogens is 2. The van der Waals surface area contributed by atoms with Gasteiger partial charge < -0.3 is 5.32 Å². The molecule has 0 aliphatic heterocycles.